The third-order valence-corrected chi connectivity index (χ3v) is 9.17. The van der Waals surface area contributed by atoms with Crippen LogP contribution >= 0.6 is 33.9 Å². The normalized spacial score (nSPS) is 17.5. The molecule has 2 aliphatic rings. The lowest BCUT2D eigenvalue weighted by atomic mass is 10.1. The molecule has 0 bridgehead atoms. The van der Waals surface area contributed by atoms with E-state index in [1.54, 1.807) is 41.5 Å². The fraction of sp³-hybridized carbons (Fsp3) is 0.543. The highest BCUT2D eigenvalue weighted by molar-refractivity contribution is 8.13. The molecular weight excluding hydrogens is 873 g/mol. The fourth-order valence-electron chi connectivity index (χ4n) is 4.90. The maximum Gasteiger partial charge on any atom is 0.411 e. The molecule has 16 nitrogen and oxygen atoms in total. The molecule has 328 valence electrons. The molecule has 2 atom stereocenters. The van der Waals surface area contributed by atoms with Gasteiger partial charge < -0.3 is 25.4 Å². The highest BCUT2D eigenvalue weighted by Gasteiger charge is 2.40. The van der Waals surface area contributed by atoms with E-state index in [-0.39, 0.29) is 48.5 Å². The van der Waals surface area contributed by atoms with Gasteiger partial charge in [0.15, 0.2) is 0 Å². The number of ether oxygens (including phenoxy) is 2. The van der Waals surface area contributed by atoms with E-state index >= 15 is 0 Å². The Morgan fingerprint density at radius 1 is 0.741 bits per heavy atom. The first-order valence-electron chi connectivity index (χ1n) is 17.0. The summed E-state index contributed by atoms with van der Waals surface area (Å²) in [6.07, 6.45) is 0.670. The van der Waals surface area contributed by atoms with E-state index in [0.29, 0.717) is 19.6 Å². The van der Waals surface area contributed by atoms with Crippen molar-refractivity contribution in [1.82, 2.24) is 19.4 Å². The number of amides is 4. The molecule has 2 heterocycles. The molecule has 0 aromatic heterocycles. The van der Waals surface area contributed by atoms with Crippen molar-refractivity contribution in [3.8, 4) is 0 Å². The van der Waals surface area contributed by atoms with Crippen LogP contribution in [0.4, 0.5) is 29.7 Å². The Labute approximate surface area is 353 Å². The minimum Gasteiger partial charge on any atom is -0.444 e. The van der Waals surface area contributed by atoms with Crippen LogP contribution in [0.1, 0.15) is 49.0 Å². The summed E-state index contributed by atoms with van der Waals surface area (Å²) in [4.78, 5) is 52.6. The third kappa shape index (κ3) is 18.6. The Kier molecular flexibility index (Phi) is 19.6. The SMILES string of the molecule is C.CC(C)(C)OC(=O)N1CCN(S(C)(=O)=O)CC1C(=O)Nc1ccc(Cl)c(F)c1.CC(C)(C)OC(=O)N1CCNCC1C(=O)Nc1ccc(Cl)c(F)c1.CS(=O)(=O)Cl. The zero-order valence-electron chi connectivity index (χ0n) is 32.5. The molecule has 4 amide bonds. The van der Waals surface area contributed by atoms with Crippen LogP contribution in [0.2, 0.25) is 10.0 Å². The number of carbonyl (C=O) groups excluding carboxylic acids is 4. The highest BCUT2D eigenvalue weighted by atomic mass is 35.7. The van der Waals surface area contributed by atoms with Gasteiger partial charge in [-0.25, -0.2) is 35.2 Å². The van der Waals surface area contributed by atoms with Gasteiger partial charge in [0.05, 0.1) is 22.6 Å². The summed E-state index contributed by atoms with van der Waals surface area (Å²) in [5.41, 5.74) is -1.03. The molecule has 0 spiro atoms. The molecule has 23 heteroatoms. The number of hydrogen-bond acceptors (Lipinski definition) is 11. The van der Waals surface area contributed by atoms with Gasteiger partial charge in [-0.15, -0.1) is 0 Å². The fourth-order valence-corrected chi connectivity index (χ4v) is 5.96. The van der Waals surface area contributed by atoms with Crippen molar-refractivity contribution < 1.29 is 54.3 Å². The molecule has 3 N–H and O–H groups in total. The lowest BCUT2D eigenvalue weighted by Gasteiger charge is -2.39. The minimum atomic E-state index is -3.56. The first kappa shape index (κ1) is 52.5. The second kappa shape index (κ2) is 21.6. The number of nitrogens with one attached hydrogen (secondary N) is 3. The molecular formula is C35H51Cl3F2N6O10S2. The van der Waals surface area contributed by atoms with Crippen LogP contribution in [0.3, 0.4) is 0 Å². The molecule has 2 unspecified atom stereocenters. The summed E-state index contributed by atoms with van der Waals surface area (Å²) in [5.74, 6) is -2.43. The van der Waals surface area contributed by atoms with Crippen molar-refractivity contribution in [2.75, 3.05) is 62.4 Å². The summed E-state index contributed by atoms with van der Waals surface area (Å²) >= 11 is 11.3. The van der Waals surface area contributed by atoms with E-state index in [0.717, 1.165) is 28.9 Å². The van der Waals surface area contributed by atoms with Crippen molar-refractivity contribution >= 4 is 88.3 Å². The summed E-state index contributed by atoms with van der Waals surface area (Å²) in [7, 11) is -2.26. The monoisotopic (exact) mass is 922 g/mol. The first-order valence-corrected chi connectivity index (χ1v) is 22.3. The van der Waals surface area contributed by atoms with Crippen molar-refractivity contribution in [3.05, 3.63) is 58.1 Å². The summed E-state index contributed by atoms with van der Waals surface area (Å²) in [6.45, 7) is 11.3. The lowest BCUT2D eigenvalue weighted by molar-refractivity contribution is -0.123. The second-order valence-electron chi connectivity index (χ2n) is 14.6. The van der Waals surface area contributed by atoms with Crippen LogP contribution in [-0.4, -0.2) is 130 Å². The Morgan fingerprint density at radius 3 is 1.52 bits per heavy atom. The zero-order valence-corrected chi connectivity index (χ0v) is 36.4. The van der Waals surface area contributed by atoms with E-state index in [9.17, 15) is 44.8 Å². The number of nitrogens with zero attached hydrogens (tertiary/aromatic N) is 3. The molecule has 0 saturated carbocycles. The molecule has 4 rings (SSSR count). The van der Waals surface area contributed by atoms with Crippen LogP contribution < -0.4 is 16.0 Å². The molecule has 0 aliphatic carbocycles. The van der Waals surface area contributed by atoms with Gasteiger partial charge in [0, 0.05) is 61.3 Å². The summed E-state index contributed by atoms with van der Waals surface area (Å²) in [5, 5.41) is 8.03. The van der Waals surface area contributed by atoms with Gasteiger partial charge in [0.2, 0.25) is 30.9 Å². The van der Waals surface area contributed by atoms with Crippen molar-refractivity contribution in [1.29, 1.82) is 0 Å². The number of piperazine rings is 2. The molecule has 2 fully saturated rings. The van der Waals surface area contributed by atoms with Gasteiger partial charge in [-0.2, -0.15) is 4.31 Å². The Hall–Kier alpha value is -3.53. The van der Waals surface area contributed by atoms with Crippen LogP contribution in [0.25, 0.3) is 0 Å². The molecule has 0 radical (unpaired) electrons. The Bertz CT molecular complexity index is 1990. The van der Waals surface area contributed by atoms with Crippen molar-refractivity contribution in [2.24, 2.45) is 0 Å². The van der Waals surface area contributed by atoms with Crippen molar-refractivity contribution in [3.63, 3.8) is 0 Å². The van der Waals surface area contributed by atoms with Gasteiger partial charge in [0.25, 0.3) is 0 Å². The third-order valence-electron chi connectivity index (χ3n) is 7.29. The average molecular weight is 924 g/mol. The number of hydrogen-bond donors (Lipinski definition) is 3. The molecule has 2 aromatic carbocycles. The molecule has 2 aliphatic heterocycles. The maximum absolute atomic E-state index is 13.6. The van der Waals surface area contributed by atoms with Gasteiger partial charge in [0.1, 0.15) is 34.9 Å². The maximum atomic E-state index is 13.6. The van der Waals surface area contributed by atoms with E-state index in [1.807, 2.05) is 0 Å². The van der Waals surface area contributed by atoms with E-state index in [2.05, 4.69) is 26.6 Å². The number of carbonyl (C=O) groups is 4. The Balaban J connectivity index is 0.000000515. The van der Waals surface area contributed by atoms with E-state index in [4.69, 9.17) is 32.7 Å². The highest BCUT2D eigenvalue weighted by Crippen LogP contribution is 2.23. The number of anilines is 2. The molecule has 2 saturated heterocycles. The molecule has 58 heavy (non-hydrogen) atoms. The lowest BCUT2D eigenvalue weighted by Crippen LogP contribution is -2.60. The van der Waals surface area contributed by atoms with Crippen molar-refractivity contribution in [2.45, 2.75) is 72.3 Å². The van der Waals surface area contributed by atoms with Gasteiger partial charge >= 0.3 is 12.2 Å². The molecule has 2 aromatic rings. The van der Waals surface area contributed by atoms with E-state index < -0.39 is 78.0 Å². The van der Waals surface area contributed by atoms with E-state index in [1.165, 1.54) is 34.1 Å². The Morgan fingerprint density at radius 2 is 1.14 bits per heavy atom. The number of rotatable bonds is 5. The van der Waals surface area contributed by atoms with Crippen LogP contribution in [-0.2, 0) is 38.1 Å². The topological polar surface area (TPSA) is 201 Å². The first-order chi connectivity index (χ1) is 25.9. The largest absolute Gasteiger partial charge is 0.444 e. The number of halogens is 5. The zero-order chi connectivity index (χ0) is 43.7. The number of benzene rings is 2. The minimum absolute atomic E-state index is 0. The van der Waals surface area contributed by atoms with Gasteiger partial charge in [-0.05, 0) is 77.9 Å². The summed E-state index contributed by atoms with van der Waals surface area (Å²) in [6, 6.07) is 5.82. The predicted octanol–water partition coefficient (Wildman–Crippen LogP) is 5.75. The van der Waals surface area contributed by atoms with Crippen LogP contribution in [0.5, 0.6) is 0 Å². The second-order valence-corrected chi connectivity index (χ2v) is 20.5. The van der Waals surface area contributed by atoms with Crippen LogP contribution in [0, 0.1) is 11.6 Å². The summed E-state index contributed by atoms with van der Waals surface area (Å²) < 4.78 is 81.5. The van der Waals surface area contributed by atoms with Gasteiger partial charge in [-0.3, -0.25) is 19.4 Å². The standard InChI is InChI=1S/C17H23ClFN3O5S.C16H21ClFN3O3.CH3ClO2S.CH4/c1-17(2,3)27-16(24)22-8-7-21(28(4,25)26)10-14(22)15(23)20-11-5-6-12(18)13(19)9-11;1-16(2,3)24-15(23)21-7-6-19-9-13(21)14(22)20-10-4-5-11(17)12(18)8-10;1-5(2,3)4;/h5-6,9,14H,7-8,10H2,1-4H3,(H,20,23);4-5,8,13,19H,6-7,9H2,1-3H3,(H,20,22);1H3;1H4. The van der Waals surface area contributed by atoms with Gasteiger partial charge in [-0.1, -0.05) is 30.6 Å². The smallest absolute Gasteiger partial charge is 0.411 e. The van der Waals surface area contributed by atoms with Crippen LogP contribution in [0.15, 0.2) is 36.4 Å². The average Bonchev–Trinajstić information content (AvgIpc) is 3.05. The number of sulfonamides is 1. The quantitative estimate of drug-likeness (QED) is 0.309. The predicted molar refractivity (Wildman–Crippen MR) is 220 cm³/mol.